The number of carbonyl (C=O) groups is 1. The van der Waals surface area contributed by atoms with Crippen LogP contribution in [0.1, 0.15) is 47.8 Å². The zero-order valence-electron chi connectivity index (χ0n) is 19.4. The first-order chi connectivity index (χ1) is 14.6. The van der Waals surface area contributed by atoms with Gasteiger partial charge in [-0.1, -0.05) is 111 Å². The second-order valence-corrected chi connectivity index (χ2v) is 13.9. The molecule has 3 heteroatoms. The van der Waals surface area contributed by atoms with E-state index in [0.29, 0.717) is 5.56 Å². The summed E-state index contributed by atoms with van der Waals surface area (Å²) < 4.78 is 4.86. The van der Waals surface area contributed by atoms with Crippen molar-refractivity contribution >= 4 is 24.8 Å². The molecule has 0 saturated heterocycles. The van der Waals surface area contributed by atoms with Crippen LogP contribution in [-0.2, 0) is 10.2 Å². The van der Waals surface area contributed by atoms with E-state index >= 15 is 0 Å². The Morgan fingerprint density at radius 2 is 1.26 bits per heavy atom. The van der Waals surface area contributed by atoms with Crippen molar-refractivity contribution in [3.63, 3.8) is 0 Å². The Bertz CT molecular complexity index is 1050. The normalized spacial score (nSPS) is 12.5. The topological polar surface area (TPSA) is 26.3 Å². The average molecular weight is 429 g/mol. The molecule has 160 valence electrons. The summed E-state index contributed by atoms with van der Waals surface area (Å²) in [6.07, 6.45) is 0. The minimum Gasteiger partial charge on any atom is -0.465 e. The predicted octanol–water partition coefficient (Wildman–Crippen LogP) is 6.36. The van der Waals surface area contributed by atoms with Gasteiger partial charge >= 0.3 is 5.97 Å². The number of hydrogen-bond donors (Lipinski definition) is 0. The average Bonchev–Trinajstić information content (AvgIpc) is 2.77. The molecule has 3 aromatic rings. The SMILES string of the molecule is COC(=O)c1ccc(C(=C[Si](C)(C)c2ccccc2)c2ccc(C(C)(C)C)cc2)cc1. The molecule has 3 rings (SSSR count). The van der Waals surface area contributed by atoms with Gasteiger partial charge in [-0.05, 0) is 39.8 Å². The van der Waals surface area contributed by atoms with Crippen LogP contribution in [0.2, 0.25) is 13.1 Å². The number of esters is 1. The number of hydrogen-bond acceptors (Lipinski definition) is 2. The summed E-state index contributed by atoms with van der Waals surface area (Å²) in [6, 6.07) is 27.4. The van der Waals surface area contributed by atoms with Gasteiger partial charge in [0.15, 0.2) is 0 Å². The fourth-order valence-electron chi connectivity index (χ4n) is 3.70. The zero-order chi connectivity index (χ0) is 22.6. The molecular weight excluding hydrogens is 396 g/mol. The maximum Gasteiger partial charge on any atom is 0.337 e. The number of benzene rings is 3. The fraction of sp³-hybridized carbons (Fsp3) is 0.250. The van der Waals surface area contributed by atoms with Gasteiger partial charge in [0.25, 0.3) is 0 Å². The third kappa shape index (κ3) is 5.42. The number of methoxy groups -OCH3 is 1. The Balaban J connectivity index is 2.11. The molecule has 0 aliphatic rings. The second kappa shape index (κ2) is 9.07. The molecule has 2 nitrogen and oxygen atoms in total. The van der Waals surface area contributed by atoms with E-state index in [1.165, 1.54) is 29.0 Å². The van der Waals surface area contributed by atoms with Gasteiger partial charge < -0.3 is 4.74 Å². The first-order valence-electron chi connectivity index (χ1n) is 10.7. The van der Waals surface area contributed by atoms with E-state index in [1.54, 1.807) is 0 Å². The van der Waals surface area contributed by atoms with Gasteiger partial charge in [-0.3, -0.25) is 0 Å². The van der Waals surface area contributed by atoms with Crippen molar-refractivity contribution in [1.82, 2.24) is 0 Å². The maximum absolute atomic E-state index is 11.9. The summed E-state index contributed by atoms with van der Waals surface area (Å²) in [5, 5.41) is 1.39. The lowest BCUT2D eigenvalue weighted by atomic mass is 9.86. The minimum atomic E-state index is -1.85. The fourth-order valence-corrected chi connectivity index (χ4v) is 5.97. The Labute approximate surface area is 187 Å². The van der Waals surface area contributed by atoms with Crippen molar-refractivity contribution in [1.29, 1.82) is 0 Å². The molecular formula is C28H32O2Si. The summed E-state index contributed by atoms with van der Waals surface area (Å²) >= 11 is 0. The summed E-state index contributed by atoms with van der Waals surface area (Å²) in [7, 11) is -0.445. The minimum absolute atomic E-state index is 0.114. The number of ether oxygens (including phenoxy) is 1. The van der Waals surface area contributed by atoms with E-state index in [2.05, 4.69) is 94.2 Å². The molecule has 0 aromatic heterocycles. The van der Waals surface area contributed by atoms with Crippen molar-refractivity contribution in [3.8, 4) is 0 Å². The van der Waals surface area contributed by atoms with E-state index in [9.17, 15) is 4.79 Å². The standard InChI is InChI=1S/C28H32O2Si/c1-28(2,3)24-18-16-22(17-19-24)26(20-31(5,6)25-10-8-7-9-11-25)21-12-14-23(15-13-21)27(29)30-4/h7-20H,1-6H3. The number of rotatable bonds is 5. The van der Waals surface area contributed by atoms with Crippen LogP contribution < -0.4 is 5.19 Å². The van der Waals surface area contributed by atoms with Crippen molar-refractivity contribution in [2.75, 3.05) is 7.11 Å². The molecule has 0 amide bonds. The van der Waals surface area contributed by atoms with Gasteiger partial charge in [0.05, 0.1) is 12.7 Å². The summed E-state index contributed by atoms with van der Waals surface area (Å²) in [5.74, 6) is -0.314. The van der Waals surface area contributed by atoms with Crippen LogP contribution in [-0.4, -0.2) is 21.2 Å². The maximum atomic E-state index is 11.9. The second-order valence-electron chi connectivity index (χ2n) is 9.54. The van der Waals surface area contributed by atoms with Gasteiger partial charge in [-0.25, -0.2) is 4.79 Å². The Morgan fingerprint density at radius 3 is 1.74 bits per heavy atom. The quantitative estimate of drug-likeness (QED) is 0.349. The van der Waals surface area contributed by atoms with Gasteiger partial charge in [0.2, 0.25) is 0 Å². The highest BCUT2D eigenvalue weighted by atomic mass is 28.3. The lowest BCUT2D eigenvalue weighted by molar-refractivity contribution is 0.0600. The molecule has 0 spiro atoms. The highest BCUT2D eigenvalue weighted by Gasteiger charge is 2.23. The van der Waals surface area contributed by atoms with Crippen molar-refractivity contribution in [3.05, 3.63) is 107 Å². The van der Waals surface area contributed by atoms with Crippen LogP contribution in [0.4, 0.5) is 0 Å². The summed E-state index contributed by atoms with van der Waals surface area (Å²) in [5.41, 5.74) is 7.95. The highest BCUT2D eigenvalue weighted by molar-refractivity contribution is 6.94. The predicted molar refractivity (Wildman–Crippen MR) is 134 cm³/mol. The molecule has 3 aromatic carbocycles. The van der Waals surface area contributed by atoms with Crippen LogP contribution in [0.5, 0.6) is 0 Å². The summed E-state index contributed by atoms with van der Waals surface area (Å²) in [4.78, 5) is 11.9. The Kier molecular flexibility index (Phi) is 6.66. The van der Waals surface area contributed by atoms with Crippen molar-refractivity contribution in [2.24, 2.45) is 0 Å². The zero-order valence-corrected chi connectivity index (χ0v) is 20.4. The van der Waals surface area contributed by atoms with E-state index in [-0.39, 0.29) is 11.4 Å². The molecule has 0 aliphatic heterocycles. The lowest BCUT2D eigenvalue weighted by Gasteiger charge is -2.23. The lowest BCUT2D eigenvalue weighted by Crippen LogP contribution is -2.39. The Hall–Kier alpha value is -2.91. The third-order valence-electron chi connectivity index (χ3n) is 5.70. The first kappa shape index (κ1) is 22.8. The molecule has 0 fully saturated rings. The molecule has 0 N–H and O–H groups in total. The van der Waals surface area contributed by atoms with E-state index in [0.717, 1.165) is 5.56 Å². The van der Waals surface area contributed by atoms with Crippen LogP contribution in [0.15, 0.2) is 84.6 Å². The van der Waals surface area contributed by atoms with Crippen LogP contribution in [0.25, 0.3) is 5.57 Å². The molecule has 0 heterocycles. The third-order valence-corrected chi connectivity index (χ3v) is 8.53. The summed E-state index contributed by atoms with van der Waals surface area (Å²) in [6.45, 7) is 11.4. The first-order valence-corrected chi connectivity index (χ1v) is 13.8. The van der Waals surface area contributed by atoms with Crippen molar-refractivity contribution < 1.29 is 9.53 Å². The molecule has 0 saturated carbocycles. The van der Waals surface area contributed by atoms with Gasteiger partial charge in [0.1, 0.15) is 8.07 Å². The monoisotopic (exact) mass is 428 g/mol. The molecule has 31 heavy (non-hydrogen) atoms. The smallest absolute Gasteiger partial charge is 0.337 e. The van der Waals surface area contributed by atoms with Gasteiger partial charge in [-0.2, -0.15) is 0 Å². The van der Waals surface area contributed by atoms with Crippen molar-refractivity contribution in [2.45, 2.75) is 39.3 Å². The van der Waals surface area contributed by atoms with Gasteiger partial charge in [-0.15, -0.1) is 0 Å². The largest absolute Gasteiger partial charge is 0.465 e. The van der Waals surface area contributed by atoms with Crippen LogP contribution in [0.3, 0.4) is 0 Å². The van der Waals surface area contributed by atoms with E-state index in [4.69, 9.17) is 4.74 Å². The van der Waals surface area contributed by atoms with Crippen LogP contribution >= 0.6 is 0 Å². The highest BCUT2D eigenvalue weighted by Crippen LogP contribution is 2.29. The molecule has 0 radical (unpaired) electrons. The van der Waals surface area contributed by atoms with E-state index in [1.807, 2.05) is 24.3 Å². The molecule has 0 unspecified atom stereocenters. The van der Waals surface area contributed by atoms with Gasteiger partial charge in [0, 0.05) is 0 Å². The van der Waals surface area contributed by atoms with E-state index < -0.39 is 8.07 Å². The molecule has 0 atom stereocenters. The number of carbonyl (C=O) groups excluding carboxylic acids is 1. The molecule has 0 bridgehead atoms. The van der Waals surface area contributed by atoms with Crippen LogP contribution in [0, 0.1) is 0 Å². The molecule has 0 aliphatic carbocycles. The Morgan fingerprint density at radius 1 is 0.774 bits per heavy atom.